The molecule has 2 heterocycles. The molecule has 2 rings (SSSR count). The first-order chi connectivity index (χ1) is 10.9. The van der Waals surface area contributed by atoms with Crippen LogP contribution in [0, 0.1) is 0 Å². The van der Waals surface area contributed by atoms with Gasteiger partial charge in [-0.05, 0) is 6.08 Å². The highest BCUT2D eigenvalue weighted by Crippen LogP contribution is 2.21. The van der Waals surface area contributed by atoms with Gasteiger partial charge in [-0.3, -0.25) is 14.3 Å². The van der Waals surface area contributed by atoms with Crippen molar-refractivity contribution in [3.63, 3.8) is 0 Å². The van der Waals surface area contributed by atoms with Crippen LogP contribution in [0.25, 0.3) is 0 Å². The second-order valence-corrected chi connectivity index (χ2v) is 4.98. The average molecular weight is 329 g/mol. The lowest BCUT2D eigenvalue weighted by atomic mass is 10.1. The van der Waals surface area contributed by atoms with Gasteiger partial charge in [0.25, 0.3) is 5.56 Å². The Bertz CT molecular complexity index is 637. The van der Waals surface area contributed by atoms with Crippen molar-refractivity contribution in [2.75, 3.05) is 18.5 Å². The van der Waals surface area contributed by atoms with Gasteiger partial charge in [0.1, 0.15) is 24.1 Å². The fourth-order valence-electron chi connectivity index (χ4n) is 1.98. The van der Waals surface area contributed by atoms with Gasteiger partial charge in [-0.1, -0.05) is 0 Å². The highest BCUT2D eigenvalue weighted by molar-refractivity contribution is 5.32. The second kappa shape index (κ2) is 7.42. The number of ether oxygens (including phenoxy) is 2. The number of hydrogen-bond acceptors (Lipinski definition) is 8. The second-order valence-electron chi connectivity index (χ2n) is 4.98. The normalized spacial score (nSPS) is 27.5. The van der Waals surface area contributed by atoms with Crippen LogP contribution in [0.1, 0.15) is 0 Å². The van der Waals surface area contributed by atoms with Crippen LogP contribution < -0.4 is 16.6 Å². The molecule has 4 atom stereocenters. The average Bonchev–Trinajstić information content (AvgIpc) is 2.80. The fraction of sp³-hybridized carbons (Fsp3) is 0.538. The summed E-state index contributed by atoms with van der Waals surface area (Å²) in [5.41, 5.74) is -0.977. The molecule has 1 aromatic rings. The molecule has 0 saturated carbocycles. The number of anilines is 1. The molecule has 0 aromatic carbocycles. The van der Waals surface area contributed by atoms with Crippen LogP contribution in [0.3, 0.4) is 0 Å². The van der Waals surface area contributed by atoms with Gasteiger partial charge in [-0.25, -0.2) is 4.79 Å². The van der Waals surface area contributed by atoms with E-state index in [9.17, 15) is 19.8 Å². The summed E-state index contributed by atoms with van der Waals surface area (Å²) >= 11 is 0. The summed E-state index contributed by atoms with van der Waals surface area (Å²) in [4.78, 5) is 25.3. The molecule has 1 aliphatic heterocycles. The molecule has 0 bridgehead atoms. The van der Waals surface area contributed by atoms with E-state index in [4.69, 9.17) is 14.6 Å². The van der Waals surface area contributed by atoms with Crippen molar-refractivity contribution in [2.45, 2.75) is 24.6 Å². The molecule has 1 saturated heterocycles. The number of aromatic nitrogens is 2. The van der Waals surface area contributed by atoms with E-state index in [1.165, 1.54) is 25.5 Å². The van der Waals surface area contributed by atoms with E-state index < -0.39 is 42.5 Å². The number of hydrogen-bond donors (Lipinski definition) is 5. The first-order valence-corrected chi connectivity index (χ1v) is 6.91. The van der Waals surface area contributed by atoms with Crippen LogP contribution >= 0.6 is 0 Å². The molecule has 23 heavy (non-hydrogen) atoms. The quantitative estimate of drug-likeness (QED) is 0.359. The number of nitrogens with zero attached hydrogens (tertiary/aromatic N) is 1. The van der Waals surface area contributed by atoms with Gasteiger partial charge in [0.2, 0.25) is 6.29 Å². The van der Waals surface area contributed by atoms with Gasteiger partial charge in [-0.15, -0.1) is 0 Å². The minimum Gasteiger partial charge on any atom is -0.470 e. The van der Waals surface area contributed by atoms with Crippen molar-refractivity contribution in [1.29, 1.82) is 0 Å². The van der Waals surface area contributed by atoms with Gasteiger partial charge in [0.15, 0.2) is 0 Å². The van der Waals surface area contributed by atoms with Crippen LogP contribution in [0.15, 0.2) is 28.0 Å². The number of aromatic amines is 1. The molecule has 0 aliphatic carbocycles. The van der Waals surface area contributed by atoms with E-state index in [0.717, 1.165) is 4.57 Å². The van der Waals surface area contributed by atoms with E-state index in [1.54, 1.807) is 0 Å². The molecule has 1 aromatic heterocycles. The van der Waals surface area contributed by atoms with Crippen LogP contribution in [0.2, 0.25) is 0 Å². The molecule has 5 N–H and O–H groups in total. The van der Waals surface area contributed by atoms with E-state index in [1.807, 2.05) is 0 Å². The van der Waals surface area contributed by atoms with E-state index >= 15 is 0 Å². The van der Waals surface area contributed by atoms with Crippen molar-refractivity contribution in [3.8, 4) is 0 Å². The molecule has 128 valence electrons. The Kier molecular flexibility index (Phi) is 5.55. The molecule has 1 aliphatic rings. The number of aliphatic hydroxyl groups excluding tert-OH is 3. The lowest BCUT2D eigenvalue weighted by Crippen LogP contribution is -2.34. The standard InChI is InChI=1S/C13H19N3O7/c1-16-9(18)5-8(15-13(16)21)14-3-2-4-22-12-11(20)10(19)7(6-17)23-12/h2,4-5,7,10-12,14,17,19-20H,3,6H2,1H3,(H,15,21)/b4-2+/t7-,10-,11-,12-/m1/s1. The largest absolute Gasteiger partial charge is 0.470 e. The van der Waals surface area contributed by atoms with Gasteiger partial charge in [-0.2, -0.15) is 0 Å². The van der Waals surface area contributed by atoms with Crippen LogP contribution in [-0.2, 0) is 16.5 Å². The lowest BCUT2D eigenvalue weighted by Gasteiger charge is -2.13. The zero-order chi connectivity index (χ0) is 17.0. The molecule has 1 fully saturated rings. The van der Waals surface area contributed by atoms with E-state index in [0.29, 0.717) is 0 Å². The van der Waals surface area contributed by atoms with Gasteiger partial charge in [0, 0.05) is 19.7 Å². The van der Waals surface area contributed by atoms with Gasteiger partial charge < -0.3 is 30.1 Å². The fourth-order valence-corrected chi connectivity index (χ4v) is 1.98. The Morgan fingerprint density at radius 1 is 1.43 bits per heavy atom. The molecule has 0 radical (unpaired) electrons. The first kappa shape index (κ1) is 17.2. The molecule has 10 nitrogen and oxygen atoms in total. The Hall–Kier alpha value is -2.14. The van der Waals surface area contributed by atoms with Crippen LogP contribution in [0.5, 0.6) is 0 Å². The zero-order valence-electron chi connectivity index (χ0n) is 12.4. The zero-order valence-corrected chi connectivity index (χ0v) is 12.4. The monoisotopic (exact) mass is 329 g/mol. The first-order valence-electron chi connectivity index (χ1n) is 6.91. The summed E-state index contributed by atoms with van der Waals surface area (Å²) < 4.78 is 11.2. The lowest BCUT2D eigenvalue weighted by molar-refractivity contribution is -0.138. The third-order valence-corrected chi connectivity index (χ3v) is 3.36. The molecular weight excluding hydrogens is 310 g/mol. The summed E-state index contributed by atoms with van der Waals surface area (Å²) in [6, 6.07) is 1.24. The predicted molar refractivity (Wildman–Crippen MR) is 78.8 cm³/mol. The number of rotatable bonds is 6. The summed E-state index contributed by atoms with van der Waals surface area (Å²) in [6.45, 7) is -0.197. The van der Waals surface area contributed by atoms with Crippen LogP contribution in [-0.4, -0.2) is 62.6 Å². The highest BCUT2D eigenvalue weighted by atomic mass is 16.7. The van der Waals surface area contributed by atoms with Crippen molar-refractivity contribution in [3.05, 3.63) is 39.2 Å². The summed E-state index contributed by atoms with van der Waals surface area (Å²) in [6.07, 6.45) is -1.70. The third kappa shape index (κ3) is 3.99. The number of nitrogens with one attached hydrogen (secondary N) is 2. The van der Waals surface area contributed by atoms with Crippen LogP contribution in [0.4, 0.5) is 5.82 Å². The minimum atomic E-state index is -1.27. The number of H-pyrrole nitrogens is 1. The molecule has 0 unspecified atom stereocenters. The Balaban J connectivity index is 1.82. The van der Waals surface area contributed by atoms with E-state index in [-0.39, 0.29) is 12.4 Å². The molecule has 0 spiro atoms. The topological polar surface area (TPSA) is 146 Å². The van der Waals surface area contributed by atoms with Gasteiger partial charge >= 0.3 is 5.69 Å². The minimum absolute atomic E-state index is 0.234. The smallest absolute Gasteiger partial charge is 0.329 e. The van der Waals surface area contributed by atoms with Crippen molar-refractivity contribution < 1.29 is 24.8 Å². The van der Waals surface area contributed by atoms with Crippen molar-refractivity contribution in [1.82, 2.24) is 9.55 Å². The predicted octanol–water partition coefficient (Wildman–Crippen LogP) is -2.55. The SMILES string of the molecule is Cn1c(=O)cc(NC/C=C/O[C@@H]2O[C@H](CO)[C@@H](O)[C@H]2O)[nH]c1=O. The maximum atomic E-state index is 11.4. The molecule has 10 heteroatoms. The third-order valence-electron chi connectivity index (χ3n) is 3.36. The maximum absolute atomic E-state index is 11.4. The summed E-state index contributed by atoms with van der Waals surface area (Å²) in [5.74, 6) is 0.260. The Morgan fingerprint density at radius 2 is 2.17 bits per heavy atom. The highest BCUT2D eigenvalue weighted by Gasteiger charge is 2.43. The van der Waals surface area contributed by atoms with Gasteiger partial charge in [0.05, 0.1) is 12.9 Å². The number of aliphatic hydroxyl groups is 3. The Morgan fingerprint density at radius 3 is 2.78 bits per heavy atom. The summed E-state index contributed by atoms with van der Waals surface area (Å²) in [7, 11) is 1.36. The Labute approximate surface area is 130 Å². The molecular formula is C13H19N3O7. The maximum Gasteiger partial charge on any atom is 0.329 e. The van der Waals surface area contributed by atoms with Crippen molar-refractivity contribution >= 4 is 5.82 Å². The van der Waals surface area contributed by atoms with E-state index in [2.05, 4.69) is 10.3 Å². The summed E-state index contributed by atoms with van der Waals surface area (Å²) in [5, 5.41) is 30.9. The molecule has 0 amide bonds. The van der Waals surface area contributed by atoms with Crippen molar-refractivity contribution in [2.24, 2.45) is 7.05 Å².